The summed E-state index contributed by atoms with van der Waals surface area (Å²) < 4.78 is 13.4. The van der Waals surface area contributed by atoms with Gasteiger partial charge in [-0.25, -0.2) is 4.39 Å². The summed E-state index contributed by atoms with van der Waals surface area (Å²) >= 11 is 0. The van der Waals surface area contributed by atoms with Crippen molar-refractivity contribution < 1.29 is 14.3 Å². The highest BCUT2D eigenvalue weighted by molar-refractivity contribution is 5.92. The number of nitrogens with one attached hydrogen (secondary N) is 1. The lowest BCUT2D eigenvalue weighted by molar-refractivity contribution is -0.115. The zero-order valence-electron chi connectivity index (χ0n) is 11.3. The molecule has 21 heavy (non-hydrogen) atoms. The van der Waals surface area contributed by atoms with Crippen LogP contribution in [-0.2, 0) is 11.4 Å². The van der Waals surface area contributed by atoms with E-state index >= 15 is 0 Å². The number of anilines is 1. The average Bonchev–Trinajstić information content (AvgIpc) is 2.50. The van der Waals surface area contributed by atoms with E-state index in [2.05, 4.69) is 10.3 Å². The normalized spacial score (nSPS) is 10.8. The van der Waals surface area contributed by atoms with Crippen molar-refractivity contribution in [2.24, 2.45) is 0 Å². The van der Waals surface area contributed by atoms with Crippen molar-refractivity contribution in [1.82, 2.24) is 4.98 Å². The van der Waals surface area contributed by atoms with Crippen molar-refractivity contribution in [2.75, 3.05) is 5.32 Å². The summed E-state index contributed by atoms with van der Waals surface area (Å²) in [4.78, 5) is 15.7. The lowest BCUT2D eigenvalue weighted by Gasteiger charge is -2.07. The van der Waals surface area contributed by atoms with Gasteiger partial charge in [0.15, 0.2) is 0 Å². The highest BCUT2D eigenvalue weighted by Gasteiger charge is 2.05. The maximum Gasteiger partial charge on any atom is 0.228 e. The van der Waals surface area contributed by atoms with Crippen molar-refractivity contribution in [1.29, 1.82) is 0 Å². The molecule has 4 nitrogen and oxygen atoms in total. The summed E-state index contributed by atoms with van der Waals surface area (Å²) in [6, 6.07) is 7.96. The Bertz CT molecular complexity index is 656. The molecule has 5 heteroatoms. The molecular weight excluding hydrogens is 271 g/mol. The fourth-order valence-electron chi connectivity index (χ4n) is 1.78. The van der Waals surface area contributed by atoms with E-state index in [-0.39, 0.29) is 24.8 Å². The summed E-state index contributed by atoms with van der Waals surface area (Å²) in [6.45, 7) is -0.177. The summed E-state index contributed by atoms with van der Waals surface area (Å²) in [6.07, 6.45) is 6.27. The van der Waals surface area contributed by atoms with Gasteiger partial charge < -0.3 is 10.4 Å². The first-order valence-electron chi connectivity index (χ1n) is 6.45. The second-order valence-corrected chi connectivity index (χ2v) is 4.37. The Balaban J connectivity index is 1.95. The van der Waals surface area contributed by atoms with E-state index < -0.39 is 0 Å². The summed E-state index contributed by atoms with van der Waals surface area (Å²) in [7, 11) is 0. The number of aromatic nitrogens is 1. The topological polar surface area (TPSA) is 62.2 Å². The number of carbonyl (C=O) groups excluding carboxylic acids is 1. The molecule has 1 aromatic heterocycles. The first-order valence-corrected chi connectivity index (χ1v) is 6.45. The highest BCUT2D eigenvalue weighted by Crippen LogP contribution is 2.14. The summed E-state index contributed by atoms with van der Waals surface area (Å²) in [5.74, 6) is -0.589. The standard InChI is InChI=1S/C16H15FN2O2/c17-14-6-2-1-4-12(14)5-3-7-16(21)19-15-10-18-9-8-13(15)11-20/h1-6,8-10,20H,7,11H2,(H,19,21)/b5-3+. The van der Waals surface area contributed by atoms with Gasteiger partial charge in [0.05, 0.1) is 18.5 Å². The minimum absolute atomic E-state index is 0.105. The van der Waals surface area contributed by atoms with Crippen molar-refractivity contribution >= 4 is 17.7 Å². The van der Waals surface area contributed by atoms with Crippen LogP contribution in [0.2, 0.25) is 0 Å². The van der Waals surface area contributed by atoms with Gasteiger partial charge in [0.2, 0.25) is 5.91 Å². The number of amides is 1. The largest absolute Gasteiger partial charge is 0.392 e. The van der Waals surface area contributed by atoms with Gasteiger partial charge in [-0.2, -0.15) is 0 Å². The Morgan fingerprint density at radius 2 is 2.14 bits per heavy atom. The molecule has 0 radical (unpaired) electrons. The van der Waals surface area contributed by atoms with Gasteiger partial charge in [0, 0.05) is 23.7 Å². The number of benzene rings is 1. The Kier molecular flexibility index (Phi) is 5.17. The van der Waals surface area contributed by atoms with Crippen LogP contribution in [0.25, 0.3) is 6.08 Å². The maximum atomic E-state index is 13.4. The number of hydrogen-bond acceptors (Lipinski definition) is 3. The molecule has 2 rings (SSSR count). The molecule has 1 aromatic carbocycles. The van der Waals surface area contributed by atoms with Crippen LogP contribution >= 0.6 is 0 Å². The first kappa shape index (κ1) is 14.9. The van der Waals surface area contributed by atoms with Crippen LogP contribution in [0, 0.1) is 5.82 Å². The molecule has 0 aliphatic heterocycles. The van der Waals surface area contributed by atoms with E-state index in [1.165, 1.54) is 12.3 Å². The van der Waals surface area contributed by atoms with Gasteiger partial charge in [0.1, 0.15) is 5.82 Å². The first-order chi connectivity index (χ1) is 10.2. The van der Waals surface area contributed by atoms with E-state index in [1.54, 1.807) is 42.6 Å². The zero-order valence-corrected chi connectivity index (χ0v) is 11.3. The maximum absolute atomic E-state index is 13.4. The molecule has 0 bridgehead atoms. The number of aliphatic hydroxyl groups excluding tert-OH is 1. The van der Waals surface area contributed by atoms with Crippen LogP contribution in [0.4, 0.5) is 10.1 Å². The monoisotopic (exact) mass is 286 g/mol. The lowest BCUT2D eigenvalue weighted by atomic mass is 10.2. The quantitative estimate of drug-likeness (QED) is 0.888. The molecule has 108 valence electrons. The summed E-state index contributed by atoms with van der Waals surface area (Å²) in [5, 5.41) is 11.8. The SMILES string of the molecule is O=C(C/C=C/c1ccccc1F)Nc1cnccc1CO. The fourth-order valence-corrected chi connectivity index (χ4v) is 1.78. The van der Waals surface area contributed by atoms with Crippen molar-refractivity contribution in [3.63, 3.8) is 0 Å². The minimum atomic E-state index is -0.330. The number of aliphatic hydroxyl groups is 1. The van der Waals surface area contributed by atoms with Crippen LogP contribution in [0.5, 0.6) is 0 Å². The van der Waals surface area contributed by atoms with Gasteiger partial charge in [-0.3, -0.25) is 9.78 Å². The molecule has 0 aliphatic carbocycles. The molecule has 0 fully saturated rings. The third kappa shape index (κ3) is 4.22. The number of carbonyl (C=O) groups is 1. The average molecular weight is 286 g/mol. The number of halogens is 1. The van der Waals surface area contributed by atoms with Crippen LogP contribution < -0.4 is 5.32 Å². The number of rotatable bonds is 5. The number of pyridine rings is 1. The highest BCUT2D eigenvalue weighted by atomic mass is 19.1. The third-order valence-corrected chi connectivity index (χ3v) is 2.86. The summed E-state index contributed by atoms with van der Waals surface area (Å²) in [5.41, 5.74) is 1.50. The fraction of sp³-hybridized carbons (Fsp3) is 0.125. The molecular formula is C16H15FN2O2. The van der Waals surface area contributed by atoms with Gasteiger partial charge in [-0.1, -0.05) is 30.4 Å². The Morgan fingerprint density at radius 3 is 2.90 bits per heavy atom. The molecule has 0 aliphatic rings. The molecule has 2 aromatic rings. The molecule has 1 amide bonds. The van der Waals surface area contributed by atoms with Gasteiger partial charge in [-0.15, -0.1) is 0 Å². The third-order valence-electron chi connectivity index (χ3n) is 2.86. The zero-order chi connectivity index (χ0) is 15.1. The van der Waals surface area contributed by atoms with E-state index in [1.807, 2.05) is 0 Å². The van der Waals surface area contributed by atoms with E-state index in [0.29, 0.717) is 16.8 Å². The minimum Gasteiger partial charge on any atom is -0.392 e. The van der Waals surface area contributed by atoms with Crippen molar-refractivity contribution in [3.05, 3.63) is 65.7 Å². The Morgan fingerprint density at radius 1 is 1.33 bits per heavy atom. The smallest absolute Gasteiger partial charge is 0.228 e. The molecule has 1 heterocycles. The van der Waals surface area contributed by atoms with E-state index in [9.17, 15) is 9.18 Å². The van der Waals surface area contributed by atoms with Crippen LogP contribution in [0.1, 0.15) is 17.5 Å². The molecule has 0 saturated heterocycles. The van der Waals surface area contributed by atoms with Crippen LogP contribution in [0.3, 0.4) is 0 Å². The van der Waals surface area contributed by atoms with E-state index in [4.69, 9.17) is 5.11 Å². The van der Waals surface area contributed by atoms with E-state index in [0.717, 1.165) is 0 Å². The van der Waals surface area contributed by atoms with Gasteiger partial charge in [-0.05, 0) is 12.1 Å². The number of nitrogens with zero attached hydrogens (tertiary/aromatic N) is 1. The second-order valence-electron chi connectivity index (χ2n) is 4.37. The predicted octanol–water partition coefficient (Wildman–Crippen LogP) is 2.76. The molecule has 0 unspecified atom stereocenters. The van der Waals surface area contributed by atoms with Gasteiger partial charge >= 0.3 is 0 Å². The number of hydrogen-bond donors (Lipinski definition) is 2. The van der Waals surface area contributed by atoms with Crippen LogP contribution in [0.15, 0.2) is 48.8 Å². The molecule has 0 spiro atoms. The molecule has 0 saturated carbocycles. The Labute approximate surface area is 122 Å². The van der Waals surface area contributed by atoms with Crippen molar-refractivity contribution in [2.45, 2.75) is 13.0 Å². The Hall–Kier alpha value is -2.53. The predicted molar refractivity (Wildman–Crippen MR) is 78.8 cm³/mol. The van der Waals surface area contributed by atoms with Gasteiger partial charge in [0.25, 0.3) is 0 Å². The van der Waals surface area contributed by atoms with Crippen molar-refractivity contribution in [3.8, 4) is 0 Å². The molecule has 0 atom stereocenters. The van der Waals surface area contributed by atoms with Crippen LogP contribution in [-0.4, -0.2) is 16.0 Å². The molecule has 2 N–H and O–H groups in total. The second kappa shape index (κ2) is 7.31. The lowest BCUT2D eigenvalue weighted by Crippen LogP contribution is -2.12.